The molecule has 0 saturated heterocycles. The Bertz CT molecular complexity index is 1370. The Morgan fingerprint density at radius 1 is 0.931 bits per heavy atom. The molecule has 29 heavy (non-hydrogen) atoms. The number of imidazole rings is 1. The minimum Gasteiger partial charge on any atom is -0.383 e. The fourth-order valence-corrected chi connectivity index (χ4v) is 3.15. The van der Waals surface area contributed by atoms with E-state index >= 15 is 0 Å². The summed E-state index contributed by atoms with van der Waals surface area (Å²) in [6.45, 7) is 0. The molecule has 144 valence electrons. The lowest BCUT2D eigenvalue weighted by Crippen LogP contribution is -2.10. The van der Waals surface area contributed by atoms with Crippen LogP contribution in [0.25, 0.3) is 39.2 Å². The molecule has 0 aliphatic heterocycles. The van der Waals surface area contributed by atoms with Gasteiger partial charge < -0.3 is 10.7 Å². The van der Waals surface area contributed by atoms with E-state index < -0.39 is 17.6 Å². The maximum absolute atomic E-state index is 13.2. The monoisotopic (exact) mass is 395 g/mol. The zero-order valence-corrected chi connectivity index (χ0v) is 14.6. The van der Waals surface area contributed by atoms with Gasteiger partial charge in [-0.25, -0.2) is 19.5 Å². The first-order valence-electron chi connectivity index (χ1n) is 8.51. The molecular formula is C19H12F3N7. The normalized spacial score (nSPS) is 12.1. The van der Waals surface area contributed by atoms with Crippen molar-refractivity contribution in [3.63, 3.8) is 0 Å². The Balaban J connectivity index is 1.65. The molecule has 0 radical (unpaired) electrons. The van der Waals surface area contributed by atoms with Crippen LogP contribution in [0.3, 0.4) is 0 Å². The maximum Gasteiger partial charge on any atom is 0.419 e. The Morgan fingerprint density at radius 3 is 2.59 bits per heavy atom. The molecule has 0 bridgehead atoms. The first kappa shape index (κ1) is 17.2. The van der Waals surface area contributed by atoms with Crippen LogP contribution in [0.5, 0.6) is 0 Å². The highest BCUT2D eigenvalue weighted by Gasteiger charge is 2.34. The number of nitrogens with zero attached hydrogens (tertiary/aromatic N) is 5. The first-order valence-corrected chi connectivity index (χ1v) is 8.51. The summed E-state index contributed by atoms with van der Waals surface area (Å²) < 4.78 is 41.1. The van der Waals surface area contributed by atoms with Crippen molar-refractivity contribution in [1.82, 2.24) is 29.5 Å². The van der Waals surface area contributed by atoms with Gasteiger partial charge in [-0.05, 0) is 30.3 Å². The number of pyridine rings is 2. The number of aromatic amines is 1. The van der Waals surface area contributed by atoms with E-state index in [1.807, 2.05) is 12.1 Å². The van der Waals surface area contributed by atoms with Crippen molar-refractivity contribution in [2.45, 2.75) is 6.18 Å². The summed E-state index contributed by atoms with van der Waals surface area (Å²) in [6, 6.07) is 8.04. The Hall–Kier alpha value is -3.95. The second kappa shape index (κ2) is 6.03. The van der Waals surface area contributed by atoms with Gasteiger partial charge in [0, 0.05) is 35.1 Å². The van der Waals surface area contributed by atoms with Crippen LogP contribution in [-0.2, 0) is 6.18 Å². The summed E-state index contributed by atoms with van der Waals surface area (Å²) in [5, 5.41) is 5.40. The van der Waals surface area contributed by atoms with Gasteiger partial charge in [0.15, 0.2) is 5.65 Å². The summed E-state index contributed by atoms with van der Waals surface area (Å²) in [5.74, 6) is -0.573. The van der Waals surface area contributed by atoms with Crippen LogP contribution in [0.15, 0.2) is 55.1 Å². The smallest absolute Gasteiger partial charge is 0.383 e. The van der Waals surface area contributed by atoms with Crippen LogP contribution in [0.1, 0.15) is 5.56 Å². The lowest BCUT2D eigenvalue weighted by atomic mass is 10.1. The molecule has 3 N–H and O–H groups in total. The van der Waals surface area contributed by atoms with Crippen LogP contribution < -0.4 is 5.73 Å². The van der Waals surface area contributed by atoms with E-state index in [1.54, 1.807) is 35.2 Å². The number of nitrogens with one attached hydrogen (secondary N) is 1. The number of fused-ring (bicyclic) bond motifs is 2. The van der Waals surface area contributed by atoms with Crippen molar-refractivity contribution < 1.29 is 13.2 Å². The molecule has 0 aliphatic carbocycles. The standard InChI is InChI=1S/C19H12F3N7/c20-19(21,22)13-6-11(7-26-17(13)23)14-1-2-16-25-9-15(29(16)28-14)12-5-10-3-4-24-18(10)27-8-12/h1-9H,(H2,23,26)(H,24,27). The molecule has 10 heteroatoms. The number of alkyl halides is 3. The zero-order valence-electron chi connectivity index (χ0n) is 14.6. The number of rotatable bonds is 2. The molecule has 5 aromatic heterocycles. The van der Waals surface area contributed by atoms with Crippen molar-refractivity contribution in [3.8, 4) is 22.5 Å². The van der Waals surface area contributed by atoms with E-state index in [2.05, 4.69) is 25.0 Å². The van der Waals surface area contributed by atoms with Gasteiger partial charge in [-0.2, -0.15) is 18.3 Å². The maximum atomic E-state index is 13.2. The largest absolute Gasteiger partial charge is 0.419 e. The molecule has 0 spiro atoms. The summed E-state index contributed by atoms with van der Waals surface area (Å²) in [5.41, 5.74) is 7.65. The lowest BCUT2D eigenvalue weighted by molar-refractivity contribution is -0.137. The minimum absolute atomic E-state index is 0.201. The van der Waals surface area contributed by atoms with Crippen molar-refractivity contribution in [1.29, 1.82) is 0 Å². The Morgan fingerprint density at radius 2 is 1.76 bits per heavy atom. The molecule has 5 rings (SSSR count). The van der Waals surface area contributed by atoms with Gasteiger partial charge >= 0.3 is 6.18 Å². The third-order valence-corrected chi connectivity index (χ3v) is 4.58. The number of H-pyrrole nitrogens is 1. The quantitative estimate of drug-likeness (QED) is 0.472. The van der Waals surface area contributed by atoms with Crippen LogP contribution in [0, 0.1) is 0 Å². The van der Waals surface area contributed by atoms with Crippen LogP contribution >= 0.6 is 0 Å². The molecule has 0 fully saturated rings. The predicted molar refractivity (Wildman–Crippen MR) is 101 cm³/mol. The van der Waals surface area contributed by atoms with Gasteiger partial charge in [0.25, 0.3) is 0 Å². The highest BCUT2D eigenvalue weighted by molar-refractivity contribution is 5.81. The molecule has 7 nitrogen and oxygen atoms in total. The molecule has 0 atom stereocenters. The average molecular weight is 395 g/mol. The lowest BCUT2D eigenvalue weighted by Gasteiger charge is -2.11. The molecular weight excluding hydrogens is 383 g/mol. The van der Waals surface area contributed by atoms with Crippen LogP contribution in [0.2, 0.25) is 0 Å². The number of anilines is 1. The molecule has 0 aromatic carbocycles. The third kappa shape index (κ3) is 2.85. The molecule has 0 amide bonds. The molecule has 0 aliphatic rings. The van der Waals surface area contributed by atoms with E-state index in [4.69, 9.17) is 5.73 Å². The van der Waals surface area contributed by atoms with Gasteiger partial charge in [-0.1, -0.05) is 0 Å². The summed E-state index contributed by atoms with van der Waals surface area (Å²) in [7, 11) is 0. The second-order valence-corrected chi connectivity index (χ2v) is 6.43. The molecule has 5 aromatic rings. The number of aromatic nitrogens is 6. The fraction of sp³-hybridized carbons (Fsp3) is 0.0526. The van der Waals surface area contributed by atoms with E-state index in [9.17, 15) is 13.2 Å². The van der Waals surface area contributed by atoms with Crippen molar-refractivity contribution in [3.05, 3.63) is 60.7 Å². The van der Waals surface area contributed by atoms with Crippen molar-refractivity contribution in [2.24, 2.45) is 0 Å². The second-order valence-electron chi connectivity index (χ2n) is 6.43. The number of halogens is 3. The van der Waals surface area contributed by atoms with Gasteiger partial charge in [-0.15, -0.1) is 0 Å². The third-order valence-electron chi connectivity index (χ3n) is 4.58. The topological polar surface area (TPSA) is 97.8 Å². The number of hydrogen-bond acceptors (Lipinski definition) is 5. The predicted octanol–water partition coefficient (Wildman–Crippen LogP) is 3.94. The summed E-state index contributed by atoms with van der Waals surface area (Å²) in [4.78, 5) is 15.4. The zero-order chi connectivity index (χ0) is 20.2. The van der Waals surface area contributed by atoms with E-state index in [0.717, 1.165) is 22.7 Å². The Labute approximate surface area is 161 Å². The van der Waals surface area contributed by atoms with Gasteiger partial charge in [0.2, 0.25) is 0 Å². The summed E-state index contributed by atoms with van der Waals surface area (Å²) in [6.07, 6.45) is 1.78. The Kier molecular flexibility index (Phi) is 3.57. The SMILES string of the molecule is Nc1ncc(-c2ccc3ncc(-c4cnc5[nH]ccc5c4)n3n2)cc1C(F)(F)F. The number of nitrogen functional groups attached to an aromatic ring is 1. The number of nitrogens with two attached hydrogens (primary N) is 1. The van der Waals surface area contributed by atoms with E-state index in [1.165, 1.54) is 6.20 Å². The van der Waals surface area contributed by atoms with E-state index in [-0.39, 0.29) is 5.56 Å². The molecule has 5 heterocycles. The van der Waals surface area contributed by atoms with Crippen molar-refractivity contribution in [2.75, 3.05) is 5.73 Å². The van der Waals surface area contributed by atoms with Crippen molar-refractivity contribution >= 4 is 22.5 Å². The van der Waals surface area contributed by atoms with Gasteiger partial charge in [0.1, 0.15) is 11.5 Å². The highest BCUT2D eigenvalue weighted by atomic mass is 19.4. The highest BCUT2D eigenvalue weighted by Crippen LogP contribution is 2.35. The van der Waals surface area contributed by atoms with Crippen LogP contribution in [-0.4, -0.2) is 29.5 Å². The van der Waals surface area contributed by atoms with Gasteiger partial charge in [0.05, 0.1) is 23.1 Å². The first-order chi connectivity index (χ1) is 13.9. The van der Waals surface area contributed by atoms with Crippen LogP contribution in [0.4, 0.5) is 19.0 Å². The fourth-order valence-electron chi connectivity index (χ4n) is 3.15. The van der Waals surface area contributed by atoms with Gasteiger partial charge in [-0.3, -0.25) is 0 Å². The minimum atomic E-state index is -4.60. The molecule has 0 saturated carbocycles. The summed E-state index contributed by atoms with van der Waals surface area (Å²) >= 11 is 0. The van der Waals surface area contributed by atoms with E-state index in [0.29, 0.717) is 17.0 Å². The average Bonchev–Trinajstić information content (AvgIpc) is 3.33. The number of hydrogen-bond donors (Lipinski definition) is 2. The molecule has 0 unspecified atom stereocenters.